The van der Waals surface area contributed by atoms with Crippen LogP contribution < -0.4 is 21.0 Å². The van der Waals surface area contributed by atoms with E-state index in [9.17, 15) is 29.1 Å². The number of β-lactam (4-membered cyclic amide) rings is 1. The molecule has 16 nitrogen and oxygen atoms in total. The van der Waals surface area contributed by atoms with Gasteiger partial charge in [-0.3, -0.25) is 24.2 Å². The van der Waals surface area contributed by atoms with Crippen LogP contribution in [0.2, 0.25) is 0 Å². The monoisotopic (exact) mass is 1020 g/mol. The highest BCUT2D eigenvalue weighted by atomic mass is 32.2. The predicted molar refractivity (Wildman–Crippen MR) is 278 cm³/mol. The summed E-state index contributed by atoms with van der Waals surface area (Å²) in [5.74, 6) is -3.44. The number of carbonyl (C=O) groups excluding carboxylic acids is 3. The van der Waals surface area contributed by atoms with E-state index >= 15 is 4.39 Å². The molecule has 3 aliphatic heterocycles. The summed E-state index contributed by atoms with van der Waals surface area (Å²) in [7, 11) is 1.33. The van der Waals surface area contributed by atoms with Crippen LogP contribution in [0.4, 0.5) is 15.2 Å². The normalized spacial score (nSPS) is 18.5. The minimum absolute atomic E-state index is 0.0303. The zero-order valence-corrected chi connectivity index (χ0v) is 42.2. The van der Waals surface area contributed by atoms with Crippen molar-refractivity contribution in [3.63, 3.8) is 0 Å². The summed E-state index contributed by atoms with van der Waals surface area (Å²) < 4.78 is 23.5. The first-order valence-electron chi connectivity index (χ1n) is 24.0. The fourth-order valence-electron chi connectivity index (χ4n) is 9.83. The van der Waals surface area contributed by atoms with Gasteiger partial charge in [-0.15, -0.1) is 23.1 Å². The molecule has 2 aromatic heterocycles. The number of aromatic carboxylic acids is 1. The van der Waals surface area contributed by atoms with E-state index in [0.717, 1.165) is 35.6 Å². The minimum Gasteiger partial charge on any atom is -0.477 e. The molecule has 0 bridgehead atoms. The Labute approximate surface area is 428 Å². The molecule has 376 valence electrons. The van der Waals surface area contributed by atoms with Gasteiger partial charge in [0.25, 0.3) is 11.8 Å². The lowest BCUT2D eigenvalue weighted by molar-refractivity contribution is -0.158. The maximum atomic E-state index is 15.8. The summed E-state index contributed by atoms with van der Waals surface area (Å²) in [5.41, 5.74) is 1.75. The number of ether oxygens (including phenoxy) is 1. The predicted octanol–water partition coefficient (Wildman–Crippen LogP) is 7.20. The van der Waals surface area contributed by atoms with Gasteiger partial charge in [0.15, 0.2) is 10.8 Å². The fraction of sp³-hybridized carbons (Fsp3) is 0.315. The molecule has 1 saturated carbocycles. The molecule has 0 radical (unpaired) electrons. The third-order valence-electron chi connectivity index (χ3n) is 13.4. The molecule has 2 atom stereocenters. The van der Waals surface area contributed by atoms with Crippen molar-refractivity contribution in [2.45, 2.75) is 62.2 Å². The number of hydrogen-bond donors (Lipinski definition) is 3. The van der Waals surface area contributed by atoms with E-state index in [0.29, 0.717) is 60.4 Å². The number of halogens is 1. The zero-order valence-electron chi connectivity index (χ0n) is 40.5. The number of benzene rings is 4. The molecule has 3 fully saturated rings. The van der Waals surface area contributed by atoms with Gasteiger partial charge in [0.05, 0.1) is 11.2 Å². The molecule has 1 aliphatic carbocycles. The van der Waals surface area contributed by atoms with Crippen LogP contribution in [0.5, 0.6) is 0 Å². The topological polar surface area (TPSA) is 188 Å². The van der Waals surface area contributed by atoms with Gasteiger partial charge >= 0.3 is 11.9 Å². The number of hydrogen-bond acceptors (Lipinski definition) is 14. The maximum absolute atomic E-state index is 15.8. The van der Waals surface area contributed by atoms with Crippen molar-refractivity contribution in [3.05, 3.63) is 170 Å². The van der Waals surface area contributed by atoms with Crippen molar-refractivity contribution in [3.8, 4) is 0 Å². The lowest BCUT2D eigenvalue weighted by atomic mass is 9.77. The summed E-state index contributed by atoms with van der Waals surface area (Å²) in [5, 5.41) is 22.0. The van der Waals surface area contributed by atoms with Crippen molar-refractivity contribution in [1.82, 2.24) is 24.7 Å². The number of anilines is 2. The Morgan fingerprint density at radius 1 is 0.890 bits per heavy atom. The number of thiazole rings is 1. The second-order valence-electron chi connectivity index (χ2n) is 19.3. The Morgan fingerprint density at radius 2 is 1.51 bits per heavy atom. The van der Waals surface area contributed by atoms with Crippen LogP contribution in [0.15, 0.2) is 136 Å². The molecular formula is C54H53FN8O8S2. The number of esters is 1. The molecule has 3 N–H and O–H groups in total. The summed E-state index contributed by atoms with van der Waals surface area (Å²) in [6, 6.07) is 31.9. The Bertz CT molecular complexity index is 3140. The van der Waals surface area contributed by atoms with Crippen LogP contribution in [0.25, 0.3) is 10.9 Å². The van der Waals surface area contributed by atoms with Crippen LogP contribution in [0.3, 0.4) is 0 Å². The molecule has 19 heteroatoms. The van der Waals surface area contributed by atoms with Gasteiger partial charge in [0, 0.05) is 61.5 Å². The first kappa shape index (κ1) is 49.2. The van der Waals surface area contributed by atoms with Crippen LogP contribution in [0, 0.1) is 5.82 Å². The van der Waals surface area contributed by atoms with Gasteiger partial charge in [0.2, 0.25) is 5.43 Å². The number of nitrogens with zero attached hydrogens (tertiary/aromatic N) is 6. The number of carboxylic acids is 1. The van der Waals surface area contributed by atoms with Gasteiger partial charge in [-0.25, -0.2) is 19.0 Å². The summed E-state index contributed by atoms with van der Waals surface area (Å²) >= 11 is 2.71. The molecular weight excluding hydrogens is 972 g/mol. The second kappa shape index (κ2) is 19.9. The highest BCUT2D eigenvalue weighted by Gasteiger charge is 2.55. The molecule has 5 heterocycles. The molecule has 6 aromatic rings. The summed E-state index contributed by atoms with van der Waals surface area (Å²) in [6.07, 6.45) is 3.03. The minimum atomic E-state index is -1.35. The number of aromatic nitrogens is 2. The van der Waals surface area contributed by atoms with Gasteiger partial charge < -0.3 is 34.8 Å². The quantitative estimate of drug-likeness (QED) is 0.0308. The molecule has 4 aliphatic rings. The number of piperazine rings is 1. The Morgan fingerprint density at radius 3 is 2.07 bits per heavy atom. The molecule has 2 amide bonds. The maximum Gasteiger partial charge on any atom is 0.355 e. The van der Waals surface area contributed by atoms with Crippen molar-refractivity contribution in [2.24, 2.45) is 5.16 Å². The first-order valence-corrected chi connectivity index (χ1v) is 25.9. The average Bonchev–Trinajstić information content (AvgIpc) is 4.13. The Kier molecular flexibility index (Phi) is 13.4. The number of carboxylic acid groups (broad SMARTS) is 1. The number of fused-ring (bicyclic) bond motifs is 2. The highest BCUT2D eigenvalue weighted by Crippen LogP contribution is 2.43. The fourth-order valence-corrected chi connectivity index (χ4v) is 11.9. The number of pyridine rings is 1. The molecule has 2 saturated heterocycles. The number of amides is 2. The van der Waals surface area contributed by atoms with E-state index in [2.05, 4.69) is 57.1 Å². The first-order chi connectivity index (χ1) is 35.1. The van der Waals surface area contributed by atoms with E-state index in [1.54, 1.807) is 36.8 Å². The standard InChI is InChI=1S/C54H53FN8O8S2/c1-53(2,3)71-51(69)45-32(28-60-22-24-61(25-23-60)42-27-41-37(26-39(42)55)46(64)38(50(67)68)29-62(41)36-20-21-36)30-72-49-44(48(66)63(45)49)57-47(65)43(59-70-4)40-31-73-52(56-40)58-54(33-14-8-5-9-15-33,34-16-10-6-11-17-34)35-18-12-7-13-19-35/h5-19,26-27,29,31,36,44,49H,20-25,28,30H2,1-4H3,(H,56,58)(H,57,65)(H,67,68)/b59-43+/t44-,49-/m1/s1. The van der Waals surface area contributed by atoms with E-state index in [4.69, 9.17) is 14.6 Å². The number of oxime groups is 1. The molecule has 73 heavy (non-hydrogen) atoms. The molecule has 10 rings (SSSR count). The summed E-state index contributed by atoms with van der Waals surface area (Å²) in [6.45, 7) is 7.39. The number of nitrogens with one attached hydrogen (secondary N) is 2. The number of rotatable bonds is 15. The lowest BCUT2D eigenvalue weighted by Crippen LogP contribution is -2.71. The SMILES string of the molecule is CO/N=C(/C(=O)N[C@@H]1C(=O)N2C(C(=O)OC(C)(C)C)=C(CN3CCN(c4cc5c(cc4F)c(=O)c(C(=O)O)cn5C4CC4)CC3)CS[C@H]12)c1csc(NC(c2ccccc2)(c2ccccc2)c2ccccc2)n1. The Hall–Kier alpha value is -7.35. The van der Waals surface area contributed by atoms with Crippen LogP contribution in [-0.2, 0) is 29.5 Å². The average molecular weight is 1030 g/mol. The lowest BCUT2D eigenvalue weighted by Gasteiger charge is -2.50. The molecule has 4 aromatic carbocycles. The van der Waals surface area contributed by atoms with E-state index in [1.807, 2.05) is 59.5 Å². The van der Waals surface area contributed by atoms with Crippen molar-refractivity contribution in [1.29, 1.82) is 0 Å². The van der Waals surface area contributed by atoms with E-state index in [-0.39, 0.29) is 34.1 Å². The van der Waals surface area contributed by atoms with Gasteiger partial charge in [-0.2, -0.15) is 0 Å². The van der Waals surface area contributed by atoms with E-state index in [1.165, 1.54) is 41.3 Å². The molecule has 0 spiro atoms. The number of thioether (sulfide) groups is 1. The molecule has 0 unspecified atom stereocenters. The van der Waals surface area contributed by atoms with Gasteiger partial charge in [-0.05, 0) is 68.0 Å². The van der Waals surface area contributed by atoms with Gasteiger partial charge in [-0.1, -0.05) is 96.2 Å². The Balaban J connectivity index is 0.859. The van der Waals surface area contributed by atoms with Crippen molar-refractivity contribution < 1.29 is 38.2 Å². The second-order valence-corrected chi connectivity index (χ2v) is 21.3. The number of carbonyl (C=O) groups is 4. The summed E-state index contributed by atoms with van der Waals surface area (Å²) in [4.78, 5) is 83.0. The van der Waals surface area contributed by atoms with E-state index < -0.39 is 57.6 Å². The third kappa shape index (κ3) is 9.59. The zero-order chi connectivity index (χ0) is 51.2. The van der Waals surface area contributed by atoms with Crippen LogP contribution >= 0.6 is 23.1 Å². The van der Waals surface area contributed by atoms with Crippen LogP contribution in [-0.4, -0.2) is 117 Å². The van der Waals surface area contributed by atoms with Crippen molar-refractivity contribution >= 4 is 74.3 Å². The van der Waals surface area contributed by atoms with Crippen molar-refractivity contribution in [2.75, 3.05) is 55.8 Å². The highest BCUT2D eigenvalue weighted by molar-refractivity contribution is 8.00. The largest absolute Gasteiger partial charge is 0.477 e. The smallest absolute Gasteiger partial charge is 0.355 e. The van der Waals surface area contributed by atoms with Gasteiger partial charge in [0.1, 0.15) is 52.4 Å². The van der Waals surface area contributed by atoms with Crippen LogP contribution in [0.1, 0.15) is 72.4 Å². The third-order valence-corrected chi connectivity index (χ3v) is 15.5.